The molecule has 1 heterocycles. The average molecular weight is 352 g/mol. The zero-order valence-corrected chi connectivity index (χ0v) is 14.0. The number of carbonyl (C=O) groups excluding carboxylic acids is 2. The molecule has 1 aliphatic heterocycles. The molecule has 0 radical (unpaired) electrons. The molecule has 0 aromatic heterocycles. The monoisotopic (exact) mass is 352 g/mol. The van der Waals surface area contributed by atoms with E-state index in [1.54, 1.807) is 0 Å². The van der Waals surface area contributed by atoms with E-state index >= 15 is 0 Å². The van der Waals surface area contributed by atoms with Crippen molar-refractivity contribution in [2.24, 2.45) is 0 Å². The van der Waals surface area contributed by atoms with Gasteiger partial charge in [-0.2, -0.15) is 0 Å². The lowest BCUT2D eigenvalue weighted by atomic mass is 10.2. The van der Waals surface area contributed by atoms with E-state index in [2.05, 4.69) is 5.32 Å². The van der Waals surface area contributed by atoms with E-state index in [4.69, 9.17) is 9.84 Å². The second kappa shape index (κ2) is 8.46. The molecule has 1 atom stereocenters. The van der Waals surface area contributed by atoms with Crippen molar-refractivity contribution in [1.29, 1.82) is 0 Å². The van der Waals surface area contributed by atoms with Crippen LogP contribution in [0.4, 0.5) is 10.1 Å². The molecule has 25 heavy (non-hydrogen) atoms. The third kappa shape index (κ3) is 5.44. The van der Waals surface area contributed by atoms with Crippen LogP contribution < -0.4 is 10.1 Å². The molecular weight excluding hydrogens is 331 g/mol. The lowest BCUT2D eigenvalue weighted by Crippen LogP contribution is -2.37. The summed E-state index contributed by atoms with van der Waals surface area (Å²) in [5.74, 6) is -2.67. The highest BCUT2D eigenvalue weighted by Gasteiger charge is 2.20. The maximum Gasteiger partial charge on any atom is 0.344 e. The Hall–Kier alpha value is -2.64. The van der Waals surface area contributed by atoms with Crippen molar-refractivity contribution in [1.82, 2.24) is 4.90 Å². The van der Waals surface area contributed by atoms with Gasteiger partial charge in [0, 0.05) is 24.7 Å². The largest absolute Gasteiger partial charge is 0.479 e. The molecule has 136 valence electrons. The summed E-state index contributed by atoms with van der Waals surface area (Å²) in [5, 5.41) is 11.3. The minimum absolute atomic E-state index is 0.0507. The molecule has 7 nitrogen and oxygen atoms in total. The zero-order chi connectivity index (χ0) is 18.4. The molecule has 1 aromatic rings. The normalized spacial score (nSPS) is 16.1. The number of nitrogens with zero attached hydrogens (tertiary/aromatic N) is 1. The Bertz CT molecular complexity index is 664. The summed E-state index contributed by atoms with van der Waals surface area (Å²) < 4.78 is 18.9. The Morgan fingerprint density at radius 1 is 1.36 bits per heavy atom. The number of rotatable bonds is 6. The molecule has 1 aromatic carbocycles. The highest BCUT2D eigenvalue weighted by molar-refractivity contribution is 5.94. The molecule has 2 rings (SSSR count). The van der Waals surface area contributed by atoms with Crippen molar-refractivity contribution in [2.75, 3.05) is 18.4 Å². The van der Waals surface area contributed by atoms with Crippen molar-refractivity contribution in [2.45, 2.75) is 38.7 Å². The quantitative estimate of drug-likeness (QED) is 0.817. The smallest absolute Gasteiger partial charge is 0.344 e. The molecule has 2 N–H and O–H groups in total. The number of nitrogens with one attached hydrogen (secondary N) is 1. The molecule has 0 bridgehead atoms. The molecule has 0 saturated carbocycles. The van der Waals surface area contributed by atoms with Gasteiger partial charge in [0.2, 0.25) is 11.8 Å². The van der Waals surface area contributed by atoms with Crippen molar-refractivity contribution in [3.05, 3.63) is 24.0 Å². The van der Waals surface area contributed by atoms with Gasteiger partial charge in [-0.25, -0.2) is 9.18 Å². The average Bonchev–Trinajstić information content (AvgIpc) is 2.74. The number of carboxylic acid groups (broad SMARTS) is 1. The third-order valence-electron chi connectivity index (χ3n) is 3.87. The fourth-order valence-corrected chi connectivity index (χ4v) is 2.49. The van der Waals surface area contributed by atoms with Crippen molar-refractivity contribution >= 4 is 23.5 Å². The topological polar surface area (TPSA) is 95.9 Å². The van der Waals surface area contributed by atoms with Crippen LogP contribution in [0.2, 0.25) is 0 Å². The lowest BCUT2D eigenvalue weighted by Gasteiger charge is -2.20. The Morgan fingerprint density at radius 3 is 2.80 bits per heavy atom. The van der Waals surface area contributed by atoms with Gasteiger partial charge < -0.3 is 20.1 Å². The minimum atomic E-state index is -1.21. The molecule has 2 amide bonds. The number of aliphatic carboxylic acids is 1. The van der Waals surface area contributed by atoms with Crippen molar-refractivity contribution < 1.29 is 28.6 Å². The van der Waals surface area contributed by atoms with Crippen LogP contribution in [0.3, 0.4) is 0 Å². The van der Waals surface area contributed by atoms with Crippen LogP contribution >= 0.6 is 0 Å². The molecule has 1 aliphatic rings. The van der Waals surface area contributed by atoms with Crippen LogP contribution in [0, 0.1) is 5.82 Å². The summed E-state index contributed by atoms with van der Waals surface area (Å²) in [4.78, 5) is 36.2. The first kappa shape index (κ1) is 18.7. The van der Waals surface area contributed by atoms with E-state index < -0.39 is 23.8 Å². The van der Waals surface area contributed by atoms with Gasteiger partial charge in [-0.05, 0) is 31.9 Å². The summed E-state index contributed by atoms with van der Waals surface area (Å²) in [6.07, 6.45) is 1.91. The summed E-state index contributed by atoms with van der Waals surface area (Å²) in [7, 11) is 0. The number of carbonyl (C=O) groups is 3. The predicted octanol–water partition coefficient (Wildman–Crippen LogP) is 2.02. The van der Waals surface area contributed by atoms with Crippen LogP contribution in [-0.4, -0.2) is 47.0 Å². The second-order valence-electron chi connectivity index (χ2n) is 5.92. The van der Waals surface area contributed by atoms with Crippen LogP contribution in [0.1, 0.15) is 32.6 Å². The Morgan fingerprint density at radius 2 is 2.12 bits per heavy atom. The van der Waals surface area contributed by atoms with Crippen LogP contribution in [0.25, 0.3) is 0 Å². The number of benzene rings is 1. The fourth-order valence-electron chi connectivity index (χ4n) is 2.49. The SMILES string of the molecule is CC(Oc1ccc(NC(=O)CN2CCCCCC2=O)cc1F)C(=O)O. The molecule has 0 aliphatic carbocycles. The van der Waals surface area contributed by atoms with Gasteiger partial charge in [-0.3, -0.25) is 9.59 Å². The van der Waals surface area contributed by atoms with Gasteiger partial charge in [0.05, 0.1) is 6.54 Å². The molecule has 1 unspecified atom stereocenters. The zero-order valence-electron chi connectivity index (χ0n) is 14.0. The third-order valence-corrected chi connectivity index (χ3v) is 3.87. The van der Waals surface area contributed by atoms with Gasteiger partial charge >= 0.3 is 5.97 Å². The van der Waals surface area contributed by atoms with Gasteiger partial charge in [0.1, 0.15) is 0 Å². The first-order valence-electron chi connectivity index (χ1n) is 8.13. The molecule has 1 fully saturated rings. The Kier molecular flexibility index (Phi) is 6.32. The van der Waals surface area contributed by atoms with Crippen molar-refractivity contribution in [3.63, 3.8) is 0 Å². The van der Waals surface area contributed by atoms with Crippen LogP contribution in [-0.2, 0) is 14.4 Å². The van der Waals surface area contributed by atoms with E-state index in [1.807, 2.05) is 0 Å². The van der Waals surface area contributed by atoms with Crippen LogP contribution in [0.5, 0.6) is 5.75 Å². The van der Waals surface area contributed by atoms with Gasteiger partial charge in [0.25, 0.3) is 0 Å². The Balaban J connectivity index is 1.95. The van der Waals surface area contributed by atoms with E-state index in [1.165, 1.54) is 24.0 Å². The van der Waals surface area contributed by atoms with E-state index in [0.29, 0.717) is 13.0 Å². The summed E-state index contributed by atoms with van der Waals surface area (Å²) in [5.41, 5.74) is 0.208. The van der Waals surface area contributed by atoms with E-state index in [-0.39, 0.29) is 23.9 Å². The predicted molar refractivity (Wildman–Crippen MR) is 87.8 cm³/mol. The first-order valence-corrected chi connectivity index (χ1v) is 8.13. The minimum Gasteiger partial charge on any atom is -0.479 e. The standard InChI is InChI=1S/C17H21FN2O5/c1-11(17(23)24)25-14-7-6-12(9-13(14)18)19-15(21)10-20-8-4-2-3-5-16(20)22/h6-7,9,11H,2-5,8,10H2,1H3,(H,19,21)(H,23,24). The molecule has 1 saturated heterocycles. The number of ether oxygens (including phenoxy) is 1. The van der Waals surface area contributed by atoms with E-state index in [0.717, 1.165) is 25.3 Å². The number of halogens is 1. The number of amides is 2. The maximum absolute atomic E-state index is 14.0. The first-order chi connectivity index (χ1) is 11.9. The number of hydrogen-bond acceptors (Lipinski definition) is 4. The van der Waals surface area contributed by atoms with Crippen LogP contribution in [0.15, 0.2) is 18.2 Å². The lowest BCUT2D eigenvalue weighted by molar-refractivity contribution is -0.144. The van der Waals surface area contributed by atoms with Gasteiger partial charge in [0.15, 0.2) is 17.7 Å². The van der Waals surface area contributed by atoms with Crippen molar-refractivity contribution in [3.8, 4) is 5.75 Å². The molecular formula is C17H21FN2O5. The van der Waals surface area contributed by atoms with Gasteiger partial charge in [-0.1, -0.05) is 6.42 Å². The fraction of sp³-hybridized carbons (Fsp3) is 0.471. The maximum atomic E-state index is 14.0. The number of carboxylic acids is 1. The highest BCUT2D eigenvalue weighted by Crippen LogP contribution is 2.22. The molecule has 0 spiro atoms. The highest BCUT2D eigenvalue weighted by atomic mass is 19.1. The summed E-state index contributed by atoms with van der Waals surface area (Å²) in [6, 6.07) is 3.71. The summed E-state index contributed by atoms with van der Waals surface area (Å²) >= 11 is 0. The number of anilines is 1. The molecule has 8 heteroatoms. The summed E-state index contributed by atoms with van der Waals surface area (Å²) in [6.45, 7) is 1.75. The number of hydrogen-bond donors (Lipinski definition) is 2. The Labute approximate surface area is 144 Å². The van der Waals surface area contributed by atoms with Gasteiger partial charge in [-0.15, -0.1) is 0 Å². The second-order valence-corrected chi connectivity index (χ2v) is 5.92. The number of likely N-dealkylation sites (tertiary alicyclic amines) is 1. The van der Waals surface area contributed by atoms with E-state index in [9.17, 15) is 18.8 Å².